The minimum atomic E-state index is -0.313. The molecule has 2 aliphatic heterocycles. The van der Waals surface area contributed by atoms with E-state index in [0.29, 0.717) is 25.4 Å². The van der Waals surface area contributed by atoms with Gasteiger partial charge in [-0.05, 0) is 48.4 Å². The van der Waals surface area contributed by atoms with E-state index in [0.717, 1.165) is 17.7 Å². The number of hydrogen-bond acceptors (Lipinski definition) is 4. The molecule has 2 N–H and O–H groups in total. The Morgan fingerprint density at radius 3 is 2.15 bits per heavy atom. The first-order chi connectivity index (χ1) is 12.6. The summed E-state index contributed by atoms with van der Waals surface area (Å²) in [4.78, 5) is 20.3. The fourth-order valence-electron chi connectivity index (χ4n) is 3.26. The van der Waals surface area contributed by atoms with Crippen LogP contribution in [0, 0.1) is 5.82 Å². The highest BCUT2D eigenvalue weighted by Crippen LogP contribution is 2.26. The number of urea groups is 1. The smallest absolute Gasteiger partial charge is 0.329 e. The predicted octanol–water partition coefficient (Wildman–Crippen LogP) is 2.53. The standard InChI is InChI=1S/C19H19FN4O2/c20-14-3-7-17(8-4-14)24-10-9-23(19(24)25)16-5-1-13(2-6-16)11-15-12-26-18(21)22-15/h1-8,15H,9-12H2,(H2,21,22). The first-order valence-electron chi connectivity index (χ1n) is 8.50. The molecule has 0 spiro atoms. The van der Waals surface area contributed by atoms with Gasteiger partial charge in [-0.15, -0.1) is 0 Å². The fraction of sp³-hybridized carbons (Fsp3) is 0.263. The Morgan fingerprint density at radius 1 is 1.04 bits per heavy atom. The van der Waals surface area contributed by atoms with Gasteiger partial charge >= 0.3 is 6.03 Å². The van der Waals surface area contributed by atoms with Crippen molar-refractivity contribution in [1.29, 1.82) is 0 Å². The second-order valence-corrected chi connectivity index (χ2v) is 6.37. The molecular weight excluding hydrogens is 335 g/mol. The molecule has 0 aromatic heterocycles. The van der Waals surface area contributed by atoms with Crippen LogP contribution in [0.15, 0.2) is 53.5 Å². The molecular formula is C19H19FN4O2. The third-order valence-corrected chi connectivity index (χ3v) is 4.60. The second-order valence-electron chi connectivity index (χ2n) is 6.37. The number of rotatable bonds is 4. The highest BCUT2D eigenvalue weighted by molar-refractivity contribution is 6.06. The van der Waals surface area contributed by atoms with Crippen molar-refractivity contribution >= 4 is 23.4 Å². The van der Waals surface area contributed by atoms with Gasteiger partial charge in [-0.3, -0.25) is 9.80 Å². The summed E-state index contributed by atoms with van der Waals surface area (Å²) in [6.45, 7) is 1.66. The van der Waals surface area contributed by atoms with Gasteiger partial charge in [0.2, 0.25) is 0 Å². The van der Waals surface area contributed by atoms with Gasteiger partial charge in [0.25, 0.3) is 6.02 Å². The number of ether oxygens (including phenoxy) is 1. The number of anilines is 2. The van der Waals surface area contributed by atoms with E-state index in [1.165, 1.54) is 12.1 Å². The molecule has 1 atom stereocenters. The lowest BCUT2D eigenvalue weighted by molar-refractivity contribution is 0.256. The van der Waals surface area contributed by atoms with Crippen molar-refractivity contribution in [2.75, 3.05) is 29.5 Å². The molecule has 2 heterocycles. The molecule has 134 valence electrons. The van der Waals surface area contributed by atoms with Crippen LogP contribution < -0.4 is 15.5 Å². The summed E-state index contributed by atoms with van der Waals surface area (Å²) in [5.74, 6) is -0.313. The van der Waals surface area contributed by atoms with Crippen molar-refractivity contribution in [2.24, 2.45) is 10.7 Å². The Morgan fingerprint density at radius 2 is 1.62 bits per heavy atom. The highest BCUT2D eigenvalue weighted by atomic mass is 19.1. The number of aliphatic imine (C=N–C) groups is 1. The van der Waals surface area contributed by atoms with Crippen LogP contribution in [0.3, 0.4) is 0 Å². The van der Waals surface area contributed by atoms with Crippen LogP contribution in [0.1, 0.15) is 5.56 Å². The Hall–Kier alpha value is -3.09. The lowest BCUT2D eigenvalue weighted by atomic mass is 10.1. The number of hydrogen-bond donors (Lipinski definition) is 1. The molecule has 6 nitrogen and oxygen atoms in total. The van der Waals surface area contributed by atoms with Gasteiger partial charge in [-0.25, -0.2) is 14.2 Å². The number of carbonyl (C=O) groups is 1. The monoisotopic (exact) mass is 354 g/mol. The van der Waals surface area contributed by atoms with Gasteiger partial charge in [0.05, 0.1) is 6.04 Å². The number of nitrogens with zero attached hydrogens (tertiary/aromatic N) is 3. The maximum atomic E-state index is 13.1. The van der Waals surface area contributed by atoms with Gasteiger partial charge in [0.15, 0.2) is 0 Å². The van der Waals surface area contributed by atoms with Crippen LogP contribution >= 0.6 is 0 Å². The molecule has 0 saturated carbocycles. The molecule has 0 bridgehead atoms. The SMILES string of the molecule is NC1=NC(Cc2ccc(N3CCN(c4ccc(F)cc4)C3=O)cc2)CO1. The molecule has 7 heteroatoms. The van der Waals surface area contributed by atoms with Crippen molar-refractivity contribution in [3.63, 3.8) is 0 Å². The van der Waals surface area contributed by atoms with Crippen molar-refractivity contribution in [1.82, 2.24) is 0 Å². The molecule has 0 radical (unpaired) electrons. The zero-order chi connectivity index (χ0) is 18.1. The summed E-state index contributed by atoms with van der Waals surface area (Å²) in [6.07, 6.45) is 0.747. The normalized spacial score (nSPS) is 19.7. The summed E-state index contributed by atoms with van der Waals surface area (Å²) in [7, 11) is 0. The lowest BCUT2D eigenvalue weighted by Gasteiger charge is -2.19. The minimum Gasteiger partial charge on any atom is -0.463 e. The van der Waals surface area contributed by atoms with E-state index in [1.807, 2.05) is 24.3 Å². The average Bonchev–Trinajstić information content (AvgIpc) is 3.22. The van der Waals surface area contributed by atoms with Crippen LogP contribution in [0.4, 0.5) is 20.6 Å². The molecule has 2 aromatic rings. The maximum Gasteiger partial charge on any atom is 0.329 e. The first kappa shape index (κ1) is 16.4. The van der Waals surface area contributed by atoms with E-state index >= 15 is 0 Å². The van der Waals surface area contributed by atoms with Gasteiger partial charge in [-0.2, -0.15) is 0 Å². The average molecular weight is 354 g/mol. The van der Waals surface area contributed by atoms with Gasteiger partial charge in [0, 0.05) is 24.5 Å². The third kappa shape index (κ3) is 3.20. The van der Waals surface area contributed by atoms with Crippen LogP contribution in [0.5, 0.6) is 0 Å². The Labute approximate surface area is 150 Å². The zero-order valence-electron chi connectivity index (χ0n) is 14.1. The summed E-state index contributed by atoms with van der Waals surface area (Å²) in [5, 5.41) is 0. The first-order valence-corrected chi connectivity index (χ1v) is 8.50. The molecule has 26 heavy (non-hydrogen) atoms. The fourth-order valence-corrected chi connectivity index (χ4v) is 3.26. The van der Waals surface area contributed by atoms with Gasteiger partial charge in [0.1, 0.15) is 12.4 Å². The molecule has 1 unspecified atom stereocenters. The quantitative estimate of drug-likeness (QED) is 0.917. The highest BCUT2D eigenvalue weighted by Gasteiger charge is 2.30. The molecule has 4 rings (SSSR count). The van der Waals surface area contributed by atoms with E-state index in [4.69, 9.17) is 10.5 Å². The van der Waals surface area contributed by atoms with Crippen molar-refractivity contribution in [2.45, 2.75) is 12.5 Å². The van der Waals surface area contributed by atoms with Crippen molar-refractivity contribution < 1.29 is 13.9 Å². The van der Waals surface area contributed by atoms with E-state index in [9.17, 15) is 9.18 Å². The van der Waals surface area contributed by atoms with Crippen LogP contribution in [-0.4, -0.2) is 37.8 Å². The number of halogens is 1. The molecule has 2 aliphatic rings. The summed E-state index contributed by atoms with van der Waals surface area (Å²) in [6, 6.07) is 14.0. The third-order valence-electron chi connectivity index (χ3n) is 4.60. The van der Waals surface area contributed by atoms with Crippen molar-refractivity contribution in [3.8, 4) is 0 Å². The molecule has 0 aliphatic carbocycles. The predicted molar refractivity (Wildman–Crippen MR) is 98.0 cm³/mol. The number of benzene rings is 2. The minimum absolute atomic E-state index is 0.0447. The zero-order valence-corrected chi connectivity index (χ0v) is 14.1. The Kier molecular flexibility index (Phi) is 4.20. The Balaban J connectivity index is 1.44. The summed E-state index contributed by atoms with van der Waals surface area (Å²) in [5.41, 5.74) is 8.18. The lowest BCUT2D eigenvalue weighted by Crippen LogP contribution is -2.31. The number of carbonyl (C=O) groups excluding carboxylic acids is 1. The second kappa shape index (κ2) is 6.67. The van der Waals surface area contributed by atoms with E-state index < -0.39 is 0 Å². The van der Waals surface area contributed by atoms with Crippen LogP contribution in [0.2, 0.25) is 0 Å². The molecule has 2 amide bonds. The number of nitrogens with two attached hydrogens (primary N) is 1. The van der Waals surface area contributed by atoms with Crippen LogP contribution in [-0.2, 0) is 11.2 Å². The van der Waals surface area contributed by atoms with E-state index in [-0.39, 0.29) is 23.9 Å². The van der Waals surface area contributed by atoms with E-state index in [1.54, 1.807) is 21.9 Å². The maximum absolute atomic E-state index is 13.1. The molecule has 1 saturated heterocycles. The largest absolute Gasteiger partial charge is 0.463 e. The molecule has 1 fully saturated rings. The number of amides is 2. The Bertz CT molecular complexity index is 836. The summed E-state index contributed by atoms with van der Waals surface area (Å²) >= 11 is 0. The van der Waals surface area contributed by atoms with Crippen LogP contribution in [0.25, 0.3) is 0 Å². The number of amidine groups is 1. The van der Waals surface area contributed by atoms with Crippen molar-refractivity contribution in [3.05, 3.63) is 59.9 Å². The van der Waals surface area contributed by atoms with Gasteiger partial charge in [-0.1, -0.05) is 12.1 Å². The summed E-state index contributed by atoms with van der Waals surface area (Å²) < 4.78 is 18.2. The topological polar surface area (TPSA) is 71.2 Å². The van der Waals surface area contributed by atoms with E-state index in [2.05, 4.69) is 4.99 Å². The van der Waals surface area contributed by atoms with Gasteiger partial charge < -0.3 is 10.5 Å². The molecule has 2 aromatic carbocycles.